The van der Waals surface area contributed by atoms with Crippen LogP contribution in [0.15, 0.2) is 41.4 Å². The minimum Gasteiger partial charge on any atom is -0.357 e. The second kappa shape index (κ2) is 12.1. The van der Waals surface area contributed by atoms with E-state index in [0.717, 1.165) is 24.5 Å². The van der Waals surface area contributed by atoms with Gasteiger partial charge in [-0.05, 0) is 50.6 Å². The van der Waals surface area contributed by atoms with Gasteiger partial charge in [0, 0.05) is 48.4 Å². The molecule has 0 spiro atoms. The summed E-state index contributed by atoms with van der Waals surface area (Å²) < 4.78 is 0. The van der Waals surface area contributed by atoms with Crippen molar-refractivity contribution in [3.8, 4) is 0 Å². The van der Waals surface area contributed by atoms with Gasteiger partial charge in [0.2, 0.25) is 0 Å². The number of halogens is 1. The largest absolute Gasteiger partial charge is 0.357 e. The molecule has 0 fully saturated rings. The molecule has 1 aromatic carbocycles. The van der Waals surface area contributed by atoms with Gasteiger partial charge in [-0.15, -0.1) is 35.3 Å². The number of guanidine groups is 1. The lowest BCUT2D eigenvalue weighted by Crippen LogP contribution is -2.43. The number of carbonyl (C=O) groups excluding carboxylic acids is 1. The molecule has 1 atom stereocenters. The lowest BCUT2D eigenvalue weighted by atomic mass is 10.1. The molecule has 2 N–H and O–H groups in total. The molecule has 7 heteroatoms. The molecule has 1 unspecified atom stereocenters. The molecule has 0 aliphatic heterocycles. The van der Waals surface area contributed by atoms with Gasteiger partial charge in [0.05, 0.1) is 6.54 Å². The second-order valence-electron chi connectivity index (χ2n) is 6.85. The zero-order chi connectivity index (χ0) is 19.8. The highest BCUT2D eigenvalue weighted by molar-refractivity contribution is 14.0. The summed E-state index contributed by atoms with van der Waals surface area (Å²) in [6.45, 7) is 7.74. The average Bonchev–Trinajstić information content (AvgIpc) is 3.04. The predicted octanol–water partition coefficient (Wildman–Crippen LogP) is 4.06. The predicted molar refractivity (Wildman–Crippen MR) is 130 cm³/mol. The number of nitrogens with one attached hydrogen (secondary N) is 2. The molecule has 0 saturated carbocycles. The third kappa shape index (κ3) is 7.79. The molecule has 2 aromatic rings. The lowest BCUT2D eigenvalue weighted by Gasteiger charge is -2.17. The van der Waals surface area contributed by atoms with E-state index in [1.165, 1.54) is 9.75 Å². The number of hydrogen-bond donors (Lipinski definition) is 2. The first kappa shape index (κ1) is 24.4. The molecule has 154 valence electrons. The molecule has 0 radical (unpaired) electrons. The van der Waals surface area contributed by atoms with Crippen molar-refractivity contribution in [1.29, 1.82) is 0 Å². The van der Waals surface area contributed by atoms with Crippen molar-refractivity contribution in [2.45, 2.75) is 39.8 Å². The van der Waals surface area contributed by atoms with Crippen LogP contribution in [0.1, 0.15) is 39.5 Å². The van der Waals surface area contributed by atoms with Crippen LogP contribution < -0.4 is 10.6 Å². The Morgan fingerprint density at radius 3 is 2.39 bits per heavy atom. The summed E-state index contributed by atoms with van der Waals surface area (Å²) in [6, 6.07) is 12.3. The average molecular weight is 514 g/mol. The fourth-order valence-electron chi connectivity index (χ4n) is 2.68. The number of rotatable bonds is 7. The van der Waals surface area contributed by atoms with E-state index in [-0.39, 0.29) is 29.9 Å². The molecule has 28 heavy (non-hydrogen) atoms. The van der Waals surface area contributed by atoms with Crippen molar-refractivity contribution < 1.29 is 4.79 Å². The summed E-state index contributed by atoms with van der Waals surface area (Å²) in [6.07, 6.45) is 0.976. The van der Waals surface area contributed by atoms with E-state index in [1.54, 1.807) is 19.0 Å². The molecule has 0 saturated heterocycles. The molecule has 0 aliphatic carbocycles. The highest BCUT2D eigenvalue weighted by atomic mass is 127. The summed E-state index contributed by atoms with van der Waals surface area (Å²) >= 11 is 1.84. The monoisotopic (exact) mass is 514 g/mol. The zero-order valence-corrected chi connectivity index (χ0v) is 20.4. The first-order valence-electron chi connectivity index (χ1n) is 9.29. The number of benzene rings is 1. The van der Waals surface area contributed by atoms with Crippen LogP contribution in [0.5, 0.6) is 0 Å². The molecule has 1 heterocycles. The highest BCUT2D eigenvalue weighted by Gasteiger charge is 2.09. The minimum atomic E-state index is 0. The number of thiophene rings is 1. The van der Waals surface area contributed by atoms with Crippen LogP contribution >= 0.6 is 35.3 Å². The Balaban J connectivity index is 0.00000392. The minimum absolute atomic E-state index is 0. The van der Waals surface area contributed by atoms with Gasteiger partial charge in [-0.3, -0.25) is 4.79 Å². The van der Waals surface area contributed by atoms with Gasteiger partial charge in [-0.25, -0.2) is 4.99 Å². The van der Waals surface area contributed by atoms with Gasteiger partial charge in [0.1, 0.15) is 0 Å². The summed E-state index contributed by atoms with van der Waals surface area (Å²) in [7, 11) is 3.52. The molecule has 1 aromatic heterocycles. The summed E-state index contributed by atoms with van der Waals surface area (Å²) in [4.78, 5) is 20.9. The van der Waals surface area contributed by atoms with E-state index >= 15 is 0 Å². The normalized spacial score (nSPS) is 12.1. The van der Waals surface area contributed by atoms with Crippen molar-refractivity contribution in [2.24, 2.45) is 4.99 Å². The van der Waals surface area contributed by atoms with Gasteiger partial charge in [0.15, 0.2) is 5.96 Å². The SMILES string of the molecule is CCNC(=NCc1ccc(C(=O)N(C)C)cc1)NC(C)Cc1ccc(C)s1.I. The number of hydrogen-bond acceptors (Lipinski definition) is 3. The number of aryl methyl sites for hydroxylation is 1. The van der Waals surface area contributed by atoms with Crippen molar-refractivity contribution in [2.75, 3.05) is 20.6 Å². The summed E-state index contributed by atoms with van der Waals surface area (Å²) in [5, 5.41) is 6.78. The van der Waals surface area contributed by atoms with E-state index in [4.69, 9.17) is 0 Å². The van der Waals surface area contributed by atoms with E-state index in [1.807, 2.05) is 35.6 Å². The van der Waals surface area contributed by atoms with Crippen molar-refractivity contribution in [1.82, 2.24) is 15.5 Å². The van der Waals surface area contributed by atoms with Crippen LogP contribution in [0.25, 0.3) is 0 Å². The van der Waals surface area contributed by atoms with Crippen molar-refractivity contribution in [3.05, 3.63) is 57.3 Å². The smallest absolute Gasteiger partial charge is 0.253 e. The summed E-state index contributed by atoms with van der Waals surface area (Å²) in [5.74, 6) is 0.824. The Kier molecular flexibility index (Phi) is 10.5. The number of nitrogens with zero attached hydrogens (tertiary/aromatic N) is 2. The maximum absolute atomic E-state index is 12.0. The lowest BCUT2D eigenvalue weighted by molar-refractivity contribution is 0.0827. The van der Waals surface area contributed by atoms with Gasteiger partial charge in [0.25, 0.3) is 5.91 Å². The van der Waals surface area contributed by atoms with Gasteiger partial charge < -0.3 is 15.5 Å². The Labute approximate surface area is 189 Å². The van der Waals surface area contributed by atoms with Gasteiger partial charge in [-0.2, -0.15) is 0 Å². The van der Waals surface area contributed by atoms with Crippen LogP contribution in [0.3, 0.4) is 0 Å². The van der Waals surface area contributed by atoms with E-state index in [2.05, 4.69) is 48.5 Å². The van der Waals surface area contributed by atoms with Crippen molar-refractivity contribution in [3.63, 3.8) is 0 Å². The standard InChI is InChI=1S/C21H30N4OS.HI/c1-6-22-21(24-15(2)13-19-12-7-16(3)27-19)23-14-17-8-10-18(11-9-17)20(26)25(4)5;/h7-12,15H,6,13-14H2,1-5H3,(H2,22,23,24);1H. The molecule has 0 bridgehead atoms. The molecular weight excluding hydrogens is 483 g/mol. The van der Waals surface area contributed by atoms with E-state index in [0.29, 0.717) is 18.2 Å². The Morgan fingerprint density at radius 1 is 1.18 bits per heavy atom. The van der Waals surface area contributed by atoms with E-state index < -0.39 is 0 Å². The van der Waals surface area contributed by atoms with Crippen LogP contribution in [0.4, 0.5) is 0 Å². The van der Waals surface area contributed by atoms with Crippen LogP contribution in [-0.2, 0) is 13.0 Å². The molecule has 2 rings (SSSR count). The maximum Gasteiger partial charge on any atom is 0.253 e. The van der Waals surface area contributed by atoms with Crippen molar-refractivity contribution >= 4 is 47.2 Å². The van der Waals surface area contributed by atoms with Crippen LogP contribution in [-0.4, -0.2) is 43.4 Å². The molecule has 5 nitrogen and oxygen atoms in total. The first-order chi connectivity index (χ1) is 12.9. The Morgan fingerprint density at radius 2 is 1.86 bits per heavy atom. The van der Waals surface area contributed by atoms with Gasteiger partial charge in [-0.1, -0.05) is 12.1 Å². The molecular formula is C21H31IN4OS. The van der Waals surface area contributed by atoms with Crippen LogP contribution in [0.2, 0.25) is 0 Å². The Bertz CT molecular complexity index is 771. The summed E-state index contributed by atoms with van der Waals surface area (Å²) in [5.41, 5.74) is 1.77. The molecule has 0 aliphatic rings. The third-order valence-corrected chi connectivity index (χ3v) is 5.08. The van der Waals surface area contributed by atoms with Gasteiger partial charge >= 0.3 is 0 Å². The quantitative estimate of drug-likeness (QED) is 0.333. The highest BCUT2D eigenvalue weighted by Crippen LogP contribution is 2.16. The number of amides is 1. The zero-order valence-electron chi connectivity index (χ0n) is 17.3. The maximum atomic E-state index is 12.0. The number of carbonyl (C=O) groups is 1. The molecule has 1 amide bonds. The third-order valence-electron chi connectivity index (χ3n) is 4.06. The number of aliphatic imine (C=N–C) groups is 1. The van der Waals surface area contributed by atoms with Crippen LogP contribution in [0, 0.1) is 6.92 Å². The Hall–Kier alpha value is -1.61. The fraction of sp³-hybridized carbons (Fsp3) is 0.429. The second-order valence-corrected chi connectivity index (χ2v) is 8.23. The van der Waals surface area contributed by atoms with E-state index in [9.17, 15) is 4.79 Å². The topological polar surface area (TPSA) is 56.7 Å². The first-order valence-corrected chi connectivity index (χ1v) is 10.1. The fourth-order valence-corrected chi connectivity index (χ4v) is 3.70.